The third-order valence-electron chi connectivity index (χ3n) is 4.00. The van der Waals surface area contributed by atoms with Gasteiger partial charge in [-0.3, -0.25) is 4.79 Å². The molecule has 0 bridgehead atoms. The molecule has 3 rings (SSSR count). The normalized spacial score (nSPS) is 24.4. The third-order valence-corrected chi connectivity index (χ3v) is 4.00. The topological polar surface area (TPSA) is 32.3 Å². The summed E-state index contributed by atoms with van der Waals surface area (Å²) in [7, 11) is 0. The second kappa shape index (κ2) is 4.35. The Hall–Kier alpha value is -1.42. The van der Waals surface area contributed by atoms with Gasteiger partial charge in [0.05, 0.1) is 11.6 Å². The van der Waals surface area contributed by atoms with Gasteiger partial charge in [-0.2, -0.15) is 0 Å². The van der Waals surface area contributed by atoms with E-state index in [1.54, 1.807) is 6.07 Å². The Bertz CT molecular complexity index is 483. The zero-order chi connectivity index (χ0) is 12.7. The van der Waals surface area contributed by atoms with E-state index < -0.39 is 0 Å². The molecular formula is C14H17FN2O. The summed E-state index contributed by atoms with van der Waals surface area (Å²) in [5, 5.41) is 3.29. The van der Waals surface area contributed by atoms with Crippen molar-refractivity contribution in [3.05, 3.63) is 29.6 Å². The molecule has 1 N–H and O–H groups in total. The van der Waals surface area contributed by atoms with E-state index in [0.29, 0.717) is 0 Å². The van der Waals surface area contributed by atoms with Crippen LogP contribution in [0.3, 0.4) is 0 Å². The summed E-state index contributed by atoms with van der Waals surface area (Å²) in [4.78, 5) is 14.2. The van der Waals surface area contributed by atoms with Gasteiger partial charge in [-0.05, 0) is 50.6 Å². The van der Waals surface area contributed by atoms with Gasteiger partial charge < -0.3 is 10.2 Å². The van der Waals surface area contributed by atoms with Crippen LogP contribution in [-0.4, -0.2) is 25.0 Å². The van der Waals surface area contributed by atoms with E-state index in [1.165, 1.54) is 12.1 Å². The number of benzene rings is 1. The summed E-state index contributed by atoms with van der Waals surface area (Å²) in [5.41, 5.74) is 1.74. The van der Waals surface area contributed by atoms with Crippen LogP contribution in [0.2, 0.25) is 0 Å². The predicted molar refractivity (Wildman–Crippen MR) is 68.2 cm³/mol. The molecule has 1 amide bonds. The zero-order valence-electron chi connectivity index (χ0n) is 10.4. The summed E-state index contributed by atoms with van der Waals surface area (Å²) >= 11 is 0. The van der Waals surface area contributed by atoms with Crippen molar-refractivity contribution in [1.82, 2.24) is 5.32 Å². The van der Waals surface area contributed by atoms with Crippen LogP contribution in [0.15, 0.2) is 18.2 Å². The summed E-state index contributed by atoms with van der Waals surface area (Å²) in [6.45, 7) is 3.75. The lowest BCUT2D eigenvalue weighted by Gasteiger charge is -2.32. The molecule has 2 aliphatic heterocycles. The number of rotatable bonds is 1. The summed E-state index contributed by atoms with van der Waals surface area (Å²) in [6, 6.07) is 4.89. The Morgan fingerprint density at radius 3 is 2.78 bits per heavy atom. The quantitative estimate of drug-likeness (QED) is 0.824. The van der Waals surface area contributed by atoms with Crippen molar-refractivity contribution in [2.45, 2.75) is 31.7 Å². The van der Waals surface area contributed by atoms with E-state index in [2.05, 4.69) is 5.32 Å². The molecule has 0 saturated carbocycles. The molecule has 2 aliphatic rings. The van der Waals surface area contributed by atoms with Crippen LogP contribution >= 0.6 is 0 Å². The number of nitrogens with zero attached hydrogens (tertiary/aromatic N) is 1. The Kier molecular flexibility index (Phi) is 2.82. The number of amides is 1. The fourth-order valence-electron chi connectivity index (χ4n) is 2.99. The van der Waals surface area contributed by atoms with E-state index >= 15 is 0 Å². The molecule has 0 aromatic heterocycles. The fraction of sp³-hybridized carbons (Fsp3) is 0.500. The summed E-state index contributed by atoms with van der Waals surface area (Å²) < 4.78 is 13.4. The van der Waals surface area contributed by atoms with Crippen molar-refractivity contribution >= 4 is 11.6 Å². The highest BCUT2D eigenvalue weighted by molar-refractivity contribution is 6.05. The fourth-order valence-corrected chi connectivity index (χ4v) is 2.99. The number of carbonyl (C=O) groups excluding carboxylic acids is 1. The first-order valence-corrected chi connectivity index (χ1v) is 6.51. The zero-order valence-corrected chi connectivity index (χ0v) is 10.4. The number of hydrogen-bond donors (Lipinski definition) is 1. The number of carbonyl (C=O) groups is 1. The molecule has 0 spiro atoms. The first-order chi connectivity index (χ1) is 8.68. The first-order valence-electron chi connectivity index (χ1n) is 6.51. The van der Waals surface area contributed by atoms with Crippen LogP contribution in [-0.2, 0) is 4.79 Å². The smallest absolute Gasteiger partial charge is 0.234 e. The molecule has 0 aliphatic carbocycles. The maximum Gasteiger partial charge on any atom is 0.234 e. The second-order valence-electron chi connectivity index (χ2n) is 5.11. The van der Waals surface area contributed by atoms with Crippen molar-refractivity contribution in [3.8, 4) is 0 Å². The molecule has 4 heteroatoms. The van der Waals surface area contributed by atoms with Gasteiger partial charge in [-0.15, -0.1) is 0 Å². The minimum absolute atomic E-state index is 0.113. The molecule has 1 unspecified atom stereocenters. The molecule has 1 aromatic rings. The largest absolute Gasteiger partial charge is 0.317 e. The minimum atomic E-state index is -0.269. The number of fused-ring (bicyclic) bond motifs is 1. The summed E-state index contributed by atoms with van der Waals surface area (Å²) in [6.07, 6.45) is 1.88. The van der Waals surface area contributed by atoms with Gasteiger partial charge in [0, 0.05) is 6.04 Å². The number of anilines is 1. The highest BCUT2D eigenvalue weighted by Crippen LogP contribution is 2.39. The Morgan fingerprint density at radius 1 is 1.33 bits per heavy atom. The van der Waals surface area contributed by atoms with E-state index in [0.717, 1.165) is 37.2 Å². The van der Waals surface area contributed by atoms with Gasteiger partial charge in [0.2, 0.25) is 5.91 Å². The molecule has 1 aromatic carbocycles. The highest BCUT2D eigenvalue weighted by Gasteiger charge is 2.38. The van der Waals surface area contributed by atoms with Crippen LogP contribution in [0.1, 0.15) is 31.2 Å². The van der Waals surface area contributed by atoms with E-state index in [4.69, 9.17) is 0 Å². The lowest BCUT2D eigenvalue weighted by atomic mass is 10.0. The lowest BCUT2D eigenvalue weighted by molar-refractivity contribution is -0.119. The van der Waals surface area contributed by atoms with Crippen molar-refractivity contribution in [3.63, 3.8) is 0 Å². The lowest BCUT2D eigenvalue weighted by Crippen LogP contribution is -2.45. The van der Waals surface area contributed by atoms with Gasteiger partial charge in [-0.25, -0.2) is 4.39 Å². The Labute approximate surface area is 106 Å². The standard InChI is InChI=1S/C14H17FN2O/c1-9-12-3-2-10(15)8-13(12)17(14(9)18)11-4-6-16-7-5-11/h2-3,8-9,11,16H,4-7H2,1H3. The minimum Gasteiger partial charge on any atom is -0.317 e. The molecular weight excluding hydrogens is 231 g/mol. The third kappa shape index (κ3) is 1.72. The maximum absolute atomic E-state index is 13.4. The molecule has 0 radical (unpaired) electrons. The number of nitrogens with one attached hydrogen (secondary N) is 1. The van der Waals surface area contributed by atoms with Crippen LogP contribution < -0.4 is 10.2 Å². The van der Waals surface area contributed by atoms with Crippen LogP contribution in [0.25, 0.3) is 0 Å². The van der Waals surface area contributed by atoms with Gasteiger partial charge in [-0.1, -0.05) is 6.07 Å². The number of halogens is 1. The highest BCUT2D eigenvalue weighted by atomic mass is 19.1. The summed E-state index contributed by atoms with van der Waals surface area (Å²) in [5.74, 6) is -0.299. The van der Waals surface area contributed by atoms with Crippen molar-refractivity contribution < 1.29 is 9.18 Å². The van der Waals surface area contributed by atoms with Crippen molar-refractivity contribution in [2.24, 2.45) is 0 Å². The molecule has 1 fully saturated rings. The van der Waals surface area contributed by atoms with Crippen LogP contribution in [0.5, 0.6) is 0 Å². The van der Waals surface area contributed by atoms with Crippen LogP contribution in [0.4, 0.5) is 10.1 Å². The molecule has 3 nitrogen and oxygen atoms in total. The van der Waals surface area contributed by atoms with Gasteiger partial charge in [0.15, 0.2) is 0 Å². The maximum atomic E-state index is 13.4. The first kappa shape index (κ1) is 11.7. The van der Waals surface area contributed by atoms with E-state index in [-0.39, 0.29) is 23.7 Å². The second-order valence-corrected chi connectivity index (χ2v) is 5.11. The van der Waals surface area contributed by atoms with Crippen molar-refractivity contribution in [2.75, 3.05) is 18.0 Å². The predicted octanol–water partition coefficient (Wildman–Crippen LogP) is 2.03. The molecule has 2 heterocycles. The van der Waals surface area contributed by atoms with Gasteiger partial charge in [0.25, 0.3) is 0 Å². The Morgan fingerprint density at radius 2 is 2.06 bits per heavy atom. The number of piperidine rings is 1. The average Bonchev–Trinajstić information content (AvgIpc) is 2.63. The number of hydrogen-bond acceptors (Lipinski definition) is 2. The van der Waals surface area contributed by atoms with E-state index in [1.807, 2.05) is 11.8 Å². The average molecular weight is 248 g/mol. The molecule has 1 atom stereocenters. The molecule has 18 heavy (non-hydrogen) atoms. The SMILES string of the molecule is CC1C(=O)N(C2CCNCC2)c2cc(F)ccc21. The van der Waals surface area contributed by atoms with Crippen LogP contribution in [0, 0.1) is 5.82 Å². The Balaban J connectivity index is 2.00. The van der Waals surface area contributed by atoms with E-state index in [9.17, 15) is 9.18 Å². The van der Waals surface area contributed by atoms with Gasteiger partial charge in [0.1, 0.15) is 5.82 Å². The monoisotopic (exact) mass is 248 g/mol. The van der Waals surface area contributed by atoms with Gasteiger partial charge >= 0.3 is 0 Å². The van der Waals surface area contributed by atoms with Crippen molar-refractivity contribution in [1.29, 1.82) is 0 Å². The molecule has 1 saturated heterocycles. The molecule has 96 valence electrons.